The van der Waals surface area contributed by atoms with Gasteiger partial charge in [0.05, 0.1) is 18.6 Å². The number of nitrogen functional groups attached to an aromatic ring is 1. The van der Waals surface area contributed by atoms with Crippen LogP contribution in [0.4, 0.5) is 11.6 Å². The molecule has 0 atom stereocenters. The first kappa shape index (κ1) is 14.3. The Morgan fingerprint density at radius 3 is 3.05 bits per heavy atom. The summed E-state index contributed by atoms with van der Waals surface area (Å²) in [6.45, 7) is 0. The molecule has 0 spiro atoms. The summed E-state index contributed by atoms with van der Waals surface area (Å²) < 4.78 is 4.63. The molecule has 8 nitrogen and oxygen atoms in total. The van der Waals surface area contributed by atoms with Crippen LogP contribution in [0.15, 0.2) is 16.6 Å². The van der Waals surface area contributed by atoms with Gasteiger partial charge in [-0.15, -0.1) is 16.4 Å². The van der Waals surface area contributed by atoms with Gasteiger partial charge in [-0.1, -0.05) is 11.8 Å². The summed E-state index contributed by atoms with van der Waals surface area (Å²) in [4.78, 5) is 27.4. The van der Waals surface area contributed by atoms with E-state index in [0.29, 0.717) is 15.7 Å². The number of thiophene rings is 1. The van der Waals surface area contributed by atoms with Gasteiger partial charge in [0.2, 0.25) is 17.0 Å². The van der Waals surface area contributed by atoms with E-state index in [2.05, 4.69) is 25.2 Å². The van der Waals surface area contributed by atoms with Crippen LogP contribution in [0.3, 0.4) is 0 Å². The van der Waals surface area contributed by atoms with E-state index < -0.39 is 5.97 Å². The average molecular weight is 313 g/mol. The van der Waals surface area contributed by atoms with Crippen molar-refractivity contribution >= 4 is 46.6 Å². The average Bonchev–Trinajstić information content (AvgIpc) is 3.04. The fourth-order valence-electron chi connectivity index (χ4n) is 1.30. The maximum atomic E-state index is 11.8. The lowest BCUT2D eigenvalue weighted by atomic mass is 10.4. The van der Waals surface area contributed by atoms with Gasteiger partial charge in [0.25, 0.3) is 0 Å². The third-order valence-electron chi connectivity index (χ3n) is 2.12. The number of H-pyrrole nitrogens is 1. The lowest BCUT2D eigenvalue weighted by molar-refractivity contribution is -0.113. The molecule has 0 radical (unpaired) electrons. The first-order valence-electron chi connectivity index (χ1n) is 5.36. The van der Waals surface area contributed by atoms with E-state index in [9.17, 15) is 9.59 Å². The molecule has 0 saturated carbocycles. The van der Waals surface area contributed by atoms with Crippen molar-refractivity contribution in [3.63, 3.8) is 0 Å². The SMILES string of the molecule is COC(=O)c1sccc1NC(=O)CSc1n[nH]c(N)n1. The number of carbonyl (C=O) groups is 2. The van der Waals surface area contributed by atoms with Gasteiger partial charge in [-0.25, -0.2) is 9.89 Å². The highest BCUT2D eigenvalue weighted by atomic mass is 32.2. The van der Waals surface area contributed by atoms with Crippen molar-refractivity contribution in [2.24, 2.45) is 0 Å². The monoisotopic (exact) mass is 313 g/mol. The van der Waals surface area contributed by atoms with E-state index in [0.717, 1.165) is 11.8 Å². The lowest BCUT2D eigenvalue weighted by Gasteiger charge is -2.04. The number of aromatic nitrogens is 3. The molecule has 10 heteroatoms. The Morgan fingerprint density at radius 1 is 1.60 bits per heavy atom. The Labute approximate surface area is 122 Å². The van der Waals surface area contributed by atoms with Crippen LogP contribution >= 0.6 is 23.1 Å². The normalized spacial score (nSPS) is 10.2. The highest BCUT2D eigenvalue weighted by Gasteiger charge is 2.16. The summed E-state index contributed by atoms with van der Waals surface area (Å²) in [6, 6.07) is 1.64. The molecule has 0 aliphatic carbocycles. The van der Waals surface area contributed by atoms with Crippen LogP contribution in [0.1, 0.15) is 9.67 Å². The molecular weight excluding hydrogens is 302 g/mol. The summed E-state index contributed by atoms with van der Waals surface area (Å²) in [5.41, 5.74) is 5.80. The zero-order valence-corrected chi connectivity index (χ0v) is 12.0. The van der Waals surface area contributed by atoms with Crippen LogP contribution in [0, 0.1) is 0 Å². The molecule has 0 aliphatic rings. The van der Waals surface area contributed by atoms with E-state index in [1.165, 1.54) is 18.4 Å². The van der Waals surface area contributed by atoms with Gasteiger partial charge in [0, 0.05) is 0 Å². The largest absolute Gasteiger partial charge is 0.465 e. The van der Waals surface area contributed by atoms with Crippen molar-refractivity contribution in [2.45, 2.75) is 5.16 Å². The van der Waals surface area contributed by atoms with Gasteiger partial charge in [-0.2, -0.15) is 4.98 Å². The molecule has 0 aliphatic heterocycles. The number of methoxy groups -OCH3 is 1. The maximum absolute atomic E-state index is 11.8. The second kappa shape index (κ2) is 6.39. The fraction of sp³-hybridized carbons (Fsp3) is 0.200. The number of anilines is 2. The zero-order valence-electron chi connectivity index (χ0n) is 10.4. The summed E-state index contributed by atoms with van der Waals surface area (Å²) in [6.07, 6.45) is 0. The van der Waals surface area contributed by atoms with Gasteiger partial charge in [-0.3, -0.25) is 4.79 Å². The quantitative estimate of drug-likeness (QED) is 0.555. The Morgan fingerprint density at radius 2 is 2.40 bits per heavy atom. The zero-order chi connectivity index (χ0) is 14.5. The predicted octanol–water partition coefficient (Wildman–Crippen LogP) is 0.966. The molecule has 0 aromatic carbocycles. The molecule has 0 bridgehead atoms. The highest BCUT2D eigenvalue weighted by Crippen LogP contribution is 2.23. The maximum Gasteiger partial charge on any atom is 0.350 e. The molecule has 106 valence electrons. The van der Waals surface area contributed by atoms with E-state index in [1.807, 2.05) is 0 Å². The molecule has 0 fully saturated rings. The molecule has 2 aromatic rings. The Balaban J connectivity index is 1.91. The predicted molar refractivity (Wildman–Crippen MR) is 75.8 cm³/mol. The molecule has 0 unspecified atom stereocenters. The van der Waals surface area contributed by atoms with Crippen LogP contribution in [0.5, 0.6) is 0 Å². The summed E-state index contributed by atoms with van der Waals surface area (Å²) in [7, 11) is 1.29. The minimum atomic E-state index is -0.482. The van der Waals surface area contributed by atoms with E-state index >= 15 is 0 Å². The Hall–Kier alpha value is -2.07. The number of hydrogen-bond acceptors (Lipinski definition) is 8. The van der Waals surface area contributed by atoms with Crippen molar-refractivity contribution in [1.82, 2.24) is 15.2 Å². The number of carbonyl (C=O) groups excluding carboxylic acids is 2. The van der Waals surface area contributed by atoms with Gasteiger partial charge >= 0.3 is 5.97 Å². The third-order valence-corrected chi connectivity index (χ3v) is 3.87. The number of nitrogens with zero attached hydrogens (tertiary/aromatic N) is 2. The number of ether oxygens (including phenoxy) is 1. The van der Waals surface area contributed by atoms with Crippen molar-refractivity contribution < 1.29 is 14.3 Å². The number of aromatic amines is 1. The molecular formula is C10H11N5O3S2. The Kier molecular flexibility index (Phi) is 4.58. The van der Waals surface area contributed by atoms with Crippen LogP contribution in [0.25, 0.3) is 0 Å². The number of nitrogens with one attached hydrogen (secondary N) is 2. The van der Waals surface area contributed by atoms with Crippen molar-refractivity contribution in [2.75, 3.05) is 23.9 Å². The summed E-state index contributed by atoms with van der Waals surface area (Å²) in [5, 5.41) is 11.0. The molecule has 1 amide bonds. The molecule has 2 aromatic heterocycles. The van der Waals surface area contributed by atoms with E-state index in [-0.39, 0.29) is 17.6 Å². The number of thioether (sulfide) groups is 1. The summed E-state index contributed by atoms with van der Waals surface area (Å²) >= 11 is 2.33. The first-order valence-corrected chi connectivity index (χ1v) is 7.23. The second-order valence-electron chi connectivity index (χ2n) is 3.50. The van der Waals surface area contributed by atoms with Crippen molar-refractivity contribution in [3.05, 3.63) is 16.3 Å². The topological polar surface area (TPSA) is 123 Å². The molecule has 20 heavy (non-hydrogen) atoms. The van der Waals surface area contributed by atoms with E-state index in [4.69, 9.17) is 5.73 Å². The van der Waals surface area contributed by atoms with Crippen molar-refractivity contribution in [3.8, 4) is 0 Å². The van der Waals surface area contributed by atoms with Gasteiger partial charge in [0.15, 0.2) is 0 Å². The molecule has 0 saturated heterocycles. The number of hydrogen-bond donors (Lipinski definition) is 3. The van der Waals surface area contributed by atoms with Crippen molar-refractivity contribution in [1.29, 1.82) is 0 Å². The Bertz CT molecular complexity index is 624. The number of rotatable bonds is 5. The smallest absolute Gasteiger partial charge is 0.350 e. The van der Waals surface area contributed by atoms with Gasteiger partial charge in [0.1, 0.15) is 4.88 Å². The van der Waals surface area contributed by atoms with Crippen LogP contribution in [-0.4, -0.2) is 39.9 Å². The third kappa shape index (κ3) is 3.48. The number of amides is 1. The minimum absolute atomic E-state index is 0.105. The van der Waals surface area contributed by atoms with Gasteiger partial charge in [-0.05, 0) is 11.4 Å². The lowest BCUT2D eigenvalue weighted by Crippen LogP contribution is -2.15. The first-order chi connectivity index (χ1) is 9.60. The highest BCUT2D eigenvalue weighted by molar-refractivity contribution is 7.99. The standard InChI is InChI=1S/C10H11N5O3S2/c1-18-8(17)7-5(2-3-19-7)12-6(16)4-20-10-13-9(11)14-15-10/h2-3H,4H2,1H3,(H,12,16)(H3,11,13,14,15). The van der Waals surface area contributed by atoms with Crippen LogP contribution in [0.2, 0.25) is 0 Å². The summed E-state index contributed by atoms with van der Waals surface area (Å²) in [5.74, 6) is -0.460. The molecule has 4 N–H and O–H groups in total. The second-order valence-corrected chi connectivity index (χ2v) is 5.35. The molecule has 2 heterocycles. The van der Waals surface area contributed by atoms with Crippen LogP contribution < -0.4 is 11.1 Å². The fourth-order valence-corrected chi connectivity index (χ4v) is 2.67. The van der Waals surface area contributed by atoms with Gasteiger partial charge < -0.3 is 15.8 Å². The minimum Gasteiger partial charge on any atom is -0.465 e. The number of esters is 1. The molecule has 2 rings (SSSR count). The van der Waals surface area contributed by atoms with E-state index in [1.54, 1.807) is 11.4 Å². The van der Waals surface area contributed by atoms with Crippen LogP contribution in [-0.2, 0) is 9.53 Å². The number of nitrogens with two attached hydrogens (primary N) is 1.